The van der Waals surface area contributed by atoms with E-state index in [0.717, 1.165) is 11.3 Å². The predicted octanol–water partition coefficient (Wildman–Crippen LogP) is 0.435. The number of nitrogens with zero attached hydrogens (tertiary/aromatic N) is 1. The Morgan fingerprint density at radius 1 is 1.56 bits per heavy atom. The molecule has 80 valence electrons. The quantitative estimate of drug-likeness (QED) is 0.702. The van der Waals surface area contributed by atoms with Gasteiger partial charge in [0.2, 0.25) is 5.91 Å². The highest BCUT2D eigenvalue weighted by atomic mass is 16.2. The maximum absolute atomic E-state index is 11.5. The Balaban J connectivity index is 2.20. The van der Waals surface area contributed by atoms with Crippen molar-refractivity contribution in [1.82, 2.24) is 5.32 Å². The summed E-state index contributed by atoms with van der Waals surface area (Å²) in [6, 6.07) is 6.81. The summed E-state index contributed by atoms with van der Waals surface area (Å²) >= 11 is 0. The van der Waals surface area contributed by atoms with Gasteiger partial charge in [0.15, 0.2) is 0 Å². The molecule has 0 saturated carbocycles. The third-order valence-electron chi connectivity index (χ3n) is 2.32. The fourth-order valence-corrected chi connectivity index (χ4v) is 1.59. The molecular weight excluding hydrogens is 206 g/mol. The van der Waals surface area contributed by atoms with E-state index in [1.165, 1.54) is 0 Å². The molecule has 1 aliphatic rings. The highest BCUT2D eigenvalue weighted by molar-refractivity contribution is 6.01. The van der Waals surface area contributed by atoms with Crippen molar-refractivity contribution >= 4 is 17.5 Å². The number of anilines is 1. The molecule has 1 aliphatic heterocycles. The minimum atomic E-state index is -0.302. The third kappa shape index (κ3) is 1.86. The lowest BCUT2D eigenvalue weighted by Gasteiger charge is -2.03. The maximum atomic E-state index is 11.5. The second-order valence-corrected chi connectivity index (χ2v) is 3.44. The number of nitriles is 1. The third-order valence-corrected chi connectivity index (χ3v) is 2.32. The summed E-state index contributed by atoms with van der Waals surface area (Å²) < 4.78 is 0. The Labute approximate surface area is 92.1 Å². The van der Waals surface area contributed by atoms with Crippen LogP contribution in [0.4, 0.5) is 5.69 Å². The summed E-state index contributed by atoms with van der Waals surface area (Å²) in [6.07, 6.45) is 0.300. The Hall–Kier alpha value is -2.35. The van der Waals surface area contributed by atoms with E-state index < -0.39 is 0 Å². The van der Waals surface area contributed by atoms with E-state index in [4.69, 9.17) is 5.26 Å². The first kappa shape index (κ1) is 10.2. The smallest absolute Gasteiger partial charge is 0.252 e. The van der Waals surface area contributed by atoms with Crippen LogP contribution in [0.25, 0.3) is 0 Å². The molecule has 0 aromatic heterocycles. The molecule has 0 unspecified atom stereocenters. The molecule has 1 aromatic rings. The highest BCUT2D eigenvalue weighted by Crippen LogP contribution is 2.23. The van der Waals surface area contributed by atoms with Crippen molar-refractivity contribution in [1.29, 1.82) is 5.26 Å². The van der Waals surface area contributed by atoms with Crippen molar-refractivity contribution in [2.24, 2.45) is 0 Å². The molecule has 0 atom stereocenters. The summed E-state index contributed by atoms with van der Waals surface area (Å²) in [5.41, 5.74) is 2.03. The molecule has 2 rings (SSSR count). The number of amides is 2. The number of hydrogen-bond acceptors (Lipinski definition) is 3. The van der Waals surface area contributed by atoms with Gasteiger partial charge in [-0.15, -0.1) is 0 Å². The van der Waals surface area contributed by atoms with Crippen molar-refractivity contribution in [3.8, 4) is 6.07 Å². The van der Waals surface area contributed by atoms with E-state index in [-0.39, 0.29) is 18.4 Å². The van der Waals surface area contributed by atoms with Crippen molar-refractivity contribution < 1.29 is 9.59 Å². The monoisotopic (exact) mass is 215 g/mol. The second kappa shape index (κ2) is 4.03. The number of benzene rings is 1. The average molecular weight is 215 g/mol. The number of fused-ring (bicyclic) bond motifs is 1. The number of carbonyl (C=O) groups is 2. The summed E-state index contributed by atoms with van der Waals surface area (Å²) in [6.45, 7) is -0.0207. The molecule has 16 heavy (non-hydrogen) atoms. The van der Waals surface area contributed by atoms with Crippen LogP contribution in [-0.2, 0) is 11.2 Å². The number of carbonyl (C=O) groups excluding carboxylic acids is 2. The van der Waals surface area contributed by atoms with Crippen LogP contribution in [0.3, 0.4) is 0 Å². The Kier molecular flexibility index (Phi) is 2.56. The lowest BCUT2D eigenvalue weighted by Crippen LogP contribution is -2.23. The first-order valence-corrected chi connectivity index (χ1v) is 4.78. The molecule has 0 bridgehead atoms. The van der Waals surface area contributed by atoms with E-state index in [1.54, 1.807) is 18.2 Å². The largest absolute Gasteiger partial charge is 0.339 e. The molecule has 0 saturated heterocycles. The summed E-state index contributed by atoms with van der Waals surface area (Å²) in [5, 5.41) is 13.5. The first-order chi connectivity index (χ1) is 7.70. The van der Waals surface area contributed by atoms with Gasteiger partial charge in [0.1, 0.15) is 6.54 Å². The van der Waals surface area contributed by atoms with Crippen LogP contribution in [-0.4, -0.2) is 18.4 Å². The zero-order valence-electron chi connectivity index (χ0n) is 8.41. The molecule has 5 nitrogen and oxygen atoms in total. The SMILES string of the molecule is N#CCNC(=O)c1ccc2c(c1)CC(=O)N2. The first-order valence-electron chi connectivity index (χ1n) is 4.78. The molecule has 0 spiro atoms. The van der Waals surface area contributed by atoms with Crippen LogP contribution >= 0.6 is 0 Å². The van der Waals surface area contributed by atoms with Gasteiger partial charge in [-0.3, -0.25) is 9.59 Å². The summed E-state index contributed by atoms with van der Waals surface area (Å²) in [4.78, 5) is 22.6. The van der Waals surface area contributed by atoms with Gasteiger partial charge < -0.3 is 10.6 Å². The molecule has 0 aliphatic carbocycles. The van der Waals surface area contributed by atoms with E-state index in [2.05, 4.69) is 10.6 Å². The fourth-order valence-electron chi connectivity index (χ4n) is 1.59. The van der Waals surface area contributed by atoms with Gasteiger partial charge >= 0.3 is 0 Å². The van der Waals surface area contributed by atoms with Crippen molar-refractivity contribution in [3.63, 3.8) is 0 Å². The van der Waals surface area contributed by atoms with Crippen molar-refractivity contribution in [2.45, 2.75) is 6.42 Å². The molecule has 0 radical (unpaired) electrons. The molecule has 0 fully saturated rings. The molecule has 1 aromatic carbocycles. The Morgan fingerprint density at radius 3 is 3.12 bits per heavy atom. The van der Waals surface area contributed by atoms with Crippen LogP contribution in [0.15, 0.2) is 18.2 Å². The van der Waals surface area contributed by atoms with Crippen molar-refractivity contribution in [2.75, 3.05) is 11.9 Å². The maximum Gasteiger partial charge on any atom is 0.252 e. The molecule has 2 N–H and O–H groups in total. The number of nitrogens with one attached hydrogen (secondary N) is 2. The Bertz CT molecular complexity index is 502. The van der Waals surface area contributed by atoms with Crippen LogP contribution in [0, 0.1) is 11.3 Å². The van der Waals surface area contributed by atoms with Crippen LogP contribution in [0.5, 0.6) is 0 Å². The van der Waals surface area contributed by atoms with Gasteiger partial charge in [-0.25, -0.2) is 0 Å². The van der Waals surface area contributed by atoms with E-state index in [0.29, 0.717) is 12.0 Å². The van der Waals surface area contributed by atoms with E-state index >= 15 is 0 Å². The van der Waals surface area contributed by atoms with E-state index in [1.807, 2.05) is 6.07 Å². The summed E-state index contributed by atoms with van der Waals surface area (Å²) in [5.74, 6) is -0.367. The predicted molar refractivity (Wildman–Crippen MR) is 56.7 cm³/mol. The van der Waals surface area contributed by atoms with E-state index in [9.17, 15) is 9.59 Å². The van der Waals surface area contributed by atoms with Gasteiger partial charge in [-0.05, 0) is 23.8 Å². The Morgan fingerprint density at radius 2 is 2.38 bits per heavy atom. The van der Waals surface area contributed by atoms with Gasteiger partial charge in [0.05, 0.1) is 12.5 Å². The zero-order chi connectivity index (χ0) is 11.5. The second-order valence-electron chi connectivity index (χ2n) is 3.44. The lowest BCUT2D eigenvalue weighted by molar-refractivity contribution is -0.115. The number of rotatable bonds is 2. The normalized spacial score (nSPS) is 12.6. The van der Waals surface area contributed by atoms with Gasteiger partial charge in [0, 0.05) is 11.3 Å². The van der Waals surface area contributed by atoms with Gasteiger partial charge in [-0.1, -0.05) is 0 Å². The molecule has 2 amide bonds. The minimum absolute atomic E-state index is 0.0207. The topological polar surface area (TPSA) is 82.0 Å². The van der Waals surface area contributed by atoms with Crippen LogP contribution in [0.2, 0.25) is 0 Å². The zero-order valence-corrected chi connectivity index (χ0v) is 8.41. The van der Waals surface area contributed by atoms with Crippen molar-refractivity contribution in [3.05, 3.63) is 29.3 Å². The van der Waals surface area contributed by atoms with Crippen LogP contribution in [0.1, 0.15) is 15.9 Å². The van der Waals surface area contributed by atoms with Gasteiger partial charge in [0.25, 0.3) is 5.91 Å². The standard InChI is InChI=1S/C11H9N3O2/c12-3-4-13-11(16)7-1-2-9-8(5-7)6-10(15)14-9/h1-2,5H,4,6H2,(H,13,16)(H,14,15). The van der Waals surface area contributed by atoms with Crippen LogP contribution < -0.4 is 10.6 Å². The highest BCUT2D eigenvalue weighted by Gasteiger charge is 2.18. The molecule has 1 heterocycles. The van der Waals surface area contributed by atoms with Gasteiger partial charge in [-0.2, -0.15) is 5.26 Å². The number of hydrogen-bond donors (Lipinski definition) is 2. The average Bonchev–Trinajstić information content (AvgIpc) is 2.64. The molecule has 5 heteroatoms. The fraction of sp³-hybridized carbons (Fsp3) is 0.182. The minimum Gasteiger partial charge on any atom is -0.339 e. The summed E-state index contributed by atoms with van der Waals surface area (Å²) in [7, 11) is 0. The molecular formula is C11H9N3O2. The lowest BCUT2D eigenvalue weighted by atomic mass is 10.1.